The lowest BCUT2D eigenvalue weighted by Crippen LogP contribution is -2.31. The van der Waals surface area contributed by atoms with Crippen LogP contribution in [-0.2, 0) is 6.54 Å². The van der Waals surface area contributed by atoms with Crippen molar-refractivity contribution in [3.8, 4) is 0 Å². The Labute approximate surface area is 121 Å². The first-order valence-electron chi connectivity index (χ1n) is 7.45. The summed E-state index contributed by atoms with van der Waals surface area (Å²) in [5.74, 6) is 2.02. The molecule has 2 rings (SSSR count). The first-order valence-corrected chi connectivity index (χ1v) is 8.27. The molecule has 1 aromatic heterocycles. The zero-order chi connectivity index (χ0) is 14.0. The highest BCUT2D eigenvalue weighted by molar-refractivity contribution is 7.15. The fraction of sp³-hybridized carbons (Fsp3) is 0.800. The van der Waals surface area contributed by atoms with Crippen LogP contribution in [0.25, 0.3) is 0 Å². The fourth-order valence-corrected chi connectivity index (χ4v) is 3.46. The van der Waals surface area contributed by atoms with Gasteiger partial charge in [0.05, 0.1) is 5.69 Å². The lowest BCUT2D eigenvalue weighted by Gasteiger charge is -2.25. The molecule has 1 aromatic rings. The zero-order valence-electron chi connectivity index (χ0n) is 12.6. The maximum Gasteiger partial charge on any atom is 0.185 e. The molecule has 0 amide bonds. The van der Waals surface area contributed by atoms with Gasteiger partial charge in [-0.2, -0.15) is 0 Å². The minimum atomic E-state index is 0.640. The number of anilines is 1. The van der Waals surface area contributed by atoms with E-state index < -0.39 is 0 Å². The van der Waals surface area contributed by atoms with Crippen LogP contribution >= 0.6 is 11.3 Å². The van der Waals surface area contributed by atoms with Gasteiger partial charge in [-0.05, 0) is 24.7 Å². The molecule has 2 N–H and O–H groups in total. The Bertz CT molecular complexity index is 398. The van der Waals surface area contributed by atoms with Crippen molar-refractivity contribution in [3.05, 3.63) is 10.6 Å². The highest BCUT2D eigenvalue weighted by Crippen LogP contribution is 2.44. The molecule has 0 saturated heterocycles. The number of nitrogens with two attached hydrogens (primary N) is 1. The largest absolute Gasteiger partial charge is 0.348 e. The number of rotatable bonds is 7. The Kier molecular flexibility index (Phi) is 4.85. The third kappa shape index (κ3) is 3.93. The van der Waals surface area contributed by atoms with E-state index in [9.17, 15) is 0 Å². The molecule has 4 heteroatoms. The Morgan fingerprint density at radius 3 is 2.21 bits per heavy atom. The van der Waals surface area contributed by atoms with E-state index in [-0.39, 0.29) is 0 Å². The number of hydrogen-bond acceptors (Lipinski definition) is 4. The predicted octanol–water partition coefficient (Wildman–Crippen LogP) is 3.60. The van der Waals surface area contributed by atoms with Gasteiger partial charge in [0, 0.05) is 30.4 Å². The van der Waals surface area contributed by atoms with E-state index in [1.807, 2.05) is 11.3 Å². The molecule has 1 aliphatic carbocycles. The Morgan fingerprint density at radius 2 is 1.79 bits per heavy atom. The second-order valence-electron chi connectivity index (χ2n) is 6.48. The molecule has 0 aliphatic heterocycles. The van der Waals surface area contributed by atoms with Crippen molar-refractivity contribution >= 4 is 16.5 Å². The summed E-state index contributed by atoms with van der Waals surface area (Å²) in [6.07, 6.45) is 2.59. The monoisotopic (exact) mass is 281 g/mol. The van der Waals surface area contributed by atoms with Gasteiger partial charge >= 0.3 is 0 Å². The molecule has 0 spiro atoms. The van der Waals surface area contributed by atoms with Gasteiger partial charge in [0.2, 0.25) is 0 Å². The number of thiazole rings is 1. The zero-order valence-corrected chi connectivity index (χ0v) is 13.5. The van der Waals surface area contributed by atoms with Crippen molar-refractivity contribution in [2.75, 3.05) is 18.0 Å². The maximum atomic E-state index is 5.88. The van der Waals surface area contributed by atoms with Crippen LogP contribution in [0.5, 0.6) is 0 Å². The van der Waals surface area contributed by atoms with Crippen LogP contribution in [0.1, 0.15) is 57.0 Å². The van der Waals surface area contributed by atoms with E-state index in [4.69, 9.17) is 10.7 Å². The summed E-state index contributed by atoms with van der Waals surface area (Å²) >= 11 is 1.81. The molecular weight excluding hydrogens is 254 g/mol. The van der Waals surface area contributed by atoms with Gasteiger partial charge in [-0.3, -0.25) is 0 Å². The van der Waals surface area contributed by atoms with E-state index in [0.29, 0.717) is 24.3 Å². The molecule has 1 heterocycles. The summed E-state index contributed by atoms with van der Waals surface area (Å²) in [6.45, 7) is 11.9. The Morgan fingerprint density at radius 1 is 1.21 bits per heavy atom. The molecule has 0 bridgehead atoms. The van der Waals surface area contributed by atoms with Crippen molar-refractivity contribution in [2.45, 2.75) is 53.0 Å². The third-order valence-corrected chi connectivity index (χ3v) is 4.46. The van der Waals surface area contributed by atoms with Gasteiger partial charge in [-0.1, -0.05) is 27.7 Å². The summed E-state index contributed by atoms with van der Waals surface area (Å²) in [7, 11) is 0. The second kappa shape index (κ2) is 6.23. The van der Waals surface area contributed by atoms with Gasteiger partial charge in [0.15, 0.2) is 5.13 Å². The Balaban J connectivity index is 2.19. The number of aromatic nitrogens is 1. The molecular formula is C15H27N3S. The van der Waals surface area contributed by atoms with Crippen molar-refractivity contribution in [1.29, 1.82) is 0 Å². The predicted molar refractivity (Wildman–Crippen MR) is 83.9 cm³/mol. The molecule has 1 saturated carbocycles. The topological polar surface area (TPSA) is 42.2 Å². The molecule has 0 aromatic carbocycles. The molecule has 19 heavy (non-hydrogen) atoms. The van der Waals surface area contributed by atoms with E-state index >= 15 is 0 Å². The van der Waals surface area contributed by atoms with E-state index in [0.717, 1.165) is 13.1 Å². The van der Waals surface area contributed by atoms with Gasteiger partial charge in [0.1, 0.15) is 0 Å². The summed E-state index contributed by atoms with van der Waals surface area (Å²) in [6, 6.07) is 0. The molecule has 0 radical (unpaired) electrons. The average molecular weight is 281 g/mol. The van der Waals surface area contributed by atoms with Crippen LogP contribution in [0.2, 0.25) is 0 Å². The van der Waals surface area contributed by atoms with Gasteiger partial charge in [-0.25, -0.2) is 4.98 Å². The molecule has 0 unspecified atom stereocenters. The van der Waals surface area contributed by atoms with Gasteiger partial charge in [0.25, 0.3) is 0 Å². The Hall–Kier alpha value is -0.610. The third-order valence-electron chi connectivity index (χ3n) is 3.31. The highest BCUT2D eigenvalue weighted by Gasteiger charge is 2.30. The van der Waals surface area contributed by atoms with Crippen molar-refractivity contribution in [3.63, 3.8) is 0 Å². The number of nitrogens with zero attached hydrogens (tertiary/aromatic N) is 2. The summed E-state index contributed by atoms with van der Waals surface area (Å²) < 4.78 is 0. The van der Waals surface area contributed by atoms with Gasteiger partial charge < -0.3 is 10.6 Å². The lowest BCUT2D eigenvalue weighted by atomic mass is 10.1. The van der Waals surface area contributed by atoms with E-state index in [1.54, 1.807) is 0 Å². The van der Waals surface area contributed by atoms with Crippen LogP contribution in [0.15, 0.2) is 0 Å². The van der Waals surface area contributed by atoms with Crippen LogP contribution in [0.3, 0.4) is 0 Å². The first kappa shape index (κ1) is 14.8. The SMILES string of the molecule is CC(C)CN(CC(C)C)c1nc(C2CC2)c(CN)s1. The average Bonchev–Trinajstić information content (AvgIpc) is 3.06. The van der Waals surface area contributed by atoms with Crippen molar-refractivity contribution in [2.24, 2.45) is 17.6 Å². The second-order valence-corrected chi connectivity index (χ2v) is 7.54. The fourth-order valence-electron chi connectivity index (χ4n) is 2.42. The minimum Gasteiger partial charge on any atom is -0.348 e. The molecule has 1 fully saturated rings. The van der Waals surface area contributed by atoms with Crippen LogP contribution in [0.4, 0.5) is 5.13 Å². The summed E-state index contributed by atoms with van der Waals surface area (Å²) in [5.41, 5.74) is 7.18. The smallest absolute Gasteiger partial charge is 0.185 e. The highest BCUT2D eigenvalue weighted by atomic mass is 32.1. The van der Waals surface area contributed by atoms with Crippen molar-refractivity contribution < 1.29 is 0 Å². The molecule has 3 nitrogen and oxygen atoms in total. The summed E-state index contributed by atoms with van der Waals surface area (Å²) in [4.78, 5) is 8.66. The molecule has 0 atom stereocenters. The number of hydrogen-bond donors (Lipinski definition) is 1. The lowest BCUT2D eigenvalue weighted by molar-refractivity contribution is 0.551. The van der Waals surface area contributed by atoms with Crippen molar-refractivity contribution in [1.82, 2.24) is 4.98 Å². The maximum absolute atomic E-state index is 5.88. The first-order chi connectivity index (χ1) is 9.01. The van der Waals surface area contributed by atoms with Crippen LogP contribution in [0, 0.1) is 11.8 Å². The van der Waals surface area contributed by atoms with E-state index in [1.165, 1.54) is 28.5 Å². The van der Waals surface area contributed by atoms with Crippen LogP contribution < -0.4 is 10.6 Å². The summed E-state index contributed by atoms with van der Waals surface area (Å²) in [5, 5.41) is 1.18. The quantitative estimate of drug-likeness (QED) is 0.830. The normalized spacial score (nSPS) is 15.5. The van der Waals surface area contributed by atoms with Gasteiger partial charge in [-0.15, -0.1) is 11.3 Å². The van der Waals surface area contributed by atoms with E-state index in [2.05, 4.69) is 32.6 Å². The molecule has 1 aliphatic rings. The molecule has 108 valence electrons. The minimum absolute atomic E-state index is 0.640. The standard InChI is InChI=1S/C15H27N3S/c1-10(2)8-18(9-11(3)4)15-17-14(12-5-6-12)13(7-16)19-15/h10-12H,5-9,16H2,1-4H3. The van der Waals surface area contributed by atoms with Crippen LogP contribution in [-0.4, -0.2) is 18.1 Å².